The Morgan fingerprint density at radius 2 is 2.00 bits per heavy atom. The molecular formula is C6H9Cl2NO2. The molecule has 64 valence electrons. The average molecular weight is 198 g/mol. The summed E-state index contributed by atoms with van der Waals surface area (Å²) in [6, 6.07) is -0.645. The van der Waals surface area contributed by atoms with Crippen molar-refractivity contribution < 1.29 is 4.92 Å². The smallest absolute Gasteiger partial charge is 0.230 e. The van der Waals surface area contributed by atoms with Crippen LogP contribution in [0.5, 0.6) is 0 Å². The third-order valence-corrected chi connectivity index (χ3v) is 3.18. The van der Waals surface area contributed by atoms with Gasteiger partial charge < -0.3 is 0 Å². The van der Waals surface area contributed by atoms with Gasteiger partial charge in [0.2, 0.25) is 6.04 Å². The molecule has 1 aliphatic carbocycles. The van der Waals surface area contributed by atoms with Crippen LogP contribution in [0.2, 0.25) is 0 Å². The number of nitrogens with zero attached hydrogens (tertiary/aromatic N) is 1. The van der Waals surface area contributed by atoms with Crippen LogP contribution >= 0.6 is 23.2 Å². The van der Waals surface area contributed by atoms with Crippen molar-refractivity contribution in [2.45, 2.75) is 36.1 Å². The molecular weight excluding hydrogens is 189 g/mol. The van der Waals surface area contributed by atoms with Crippen molar-refractivity contribution in [2.24, 2.45) is 0 Å². The van der Waals surface area contributed by atoms with Gasteiger partial charge in [-0.2, -0.15) is 0 Å². The van der Waals surface area contributed by atoms with Gasteiger partial charge in [0.1, 0.15) is 5.38 Å². The lowest BCUT2D eigenvalue weighted by Gasteiger charge is -2.24. The fourth-order valence-electron chi connectivity index (χ4n) is 1.30. The highest BCUT2D eigenvalue weighted by atomic mass is 35.5. The minimum Gasteiger partial charge on any atom is -0.264 e. The summed E-state index contributed by atoms with van der Waals surface area (Å²) in [6.45, 7) is 0. The van der Waals surface area contributed by atoms with Crippen LogP contribution in [-0.4, -0.2) is 21.7 Å². The number of nitro groups is 1. The monoisotopic (exact) mass is 197 g/mol. The van der Waals surface area contributed by atoms with Crippen LogP contribution in [0, 0.1) is 10.1 Å². The van der Waals surface area contributed by atoms with Crippen LogP contribution in [0.15, 0.2) is 0 Å². The maximum absolute atomic E-state index is 10.4. The Morgan fingerprint density at radius 1 is 1.36 bits per heavy atom. The van der Waals surface area contributed by atoms with E-state index in [-0.39, 0.29) is 10.3 Å². The minimum absolute atomic E-state index is 0.235. The van der Waals surface area contributed by atoms with E-state index < -0.39 is 11.4 Å². The van der Waals surface area contributed by atoms with Gasteiger partial charge in [0, 0.05) is 11.3 Å². The maximum Gasteiger partial charge on any atom is 0.230 e. The number of alkyl halides is 2. The summed E-state index contributed by atoms with van der Waals surface area (Å²) in [5, 5.41) is 9.64. The van der Waals surface area contributed by atoms with E-state index in [0.717, 1.165) is 12.8 Å². The summed E-state index contributed by atoms with van der Waals surface area (Å²) in [7, 11) is 0. The second-order valence-electron chi connectivity index (χ2n) is 2.74. The highest BCUT2D eigenvalue weighted by Crippen LogP contribution is 2.29. The fourth-order valence-corrected chi connectivity index (χ4v) is 1.97. The van der Waals surface area contributed by atoms with Gasteiger partial charge >= 0.3 is 0 Å². The van der Waals surface area contributed by atoms with E-state index in [4.69, 9.17) is 23.2 Å². The molecule has 0 spiro atoms. The molecule has 1 aliphatic rings. The van der Waals surface area contributed by atoms with Crippen LogP contribution in [0.25, 0.3) is 0 Å². The second-order valence-corrected chi connectivity index (χ2v) is 3.81. The standard InChI is InChI=1S/C6H9Cl2NO2/c7-4-2-1-3-5(6(4)8)9(10)11/h4-6H,1-3H2. The molecule has 0 aromatic heterocycles. The molecule has 0 radical (unpaired) electrons. The Bertz CT molecular complexity index is 165. The second kappa shape index (κ2) is 3.59. The predicted octanol–water partition coefficient (Wildman–Crippen LogP) is 2.03. The average Bonchev–Trinajstić information content (AvgIpc) is 1.94. The summed E-state index contributed by atoms with van der Waals surface area (Å²) in [6.07, 6.45) is 2.16. The van der Waals surface area contributed by atoms with Crippen molar-refractivity contribution in [3.05, 3.63) is 10.1 Å². The van der Waals surface area contributed by atoms with Crippen LogP contribution in [0.1, 0.15) is 19.3 Å². The van der Waals surface area contributed by atoms with Gasteiger partial charge in [-0.25, -0.2) is 0 Å². The van der Waals surface area contributed by atoms with E-state index in [9.17, 15) is 10.1 Å². The Hall–Kier alpha value is -0.0200. The lowest BCUT2D eigenvalue weighted by Crippen LogP contribution is -2.39. The number of halogens is 2. The molecule has 0 bridgehead atoms. The third kappa shape index (κ3) is 1.97. The van der Waals surface area contributed by atoms with E-state index >= 15 is 0 Å². The Labute approximate surface area is 74.8 Å². The first kappa shape index (κ1) is 9.07. The van der Waals surface area contributed by atoms with Crippen molar-refractivity contribution in [1.29, 1.82) is 0 Å². The Kier molecular flexibility index (Phi) is 2.96. The molecule has 1 rings (SSSR count). The zero-order valence-electron chi connectivity index (χ0n) is 5.87. The number of hydrogen-bond acceptors (Lipinski definition) is 2. The number of rotatable bonds is 1. The molecule has 11 heavy (non-hydrogen) atoms. The third-order valence-electron chi connectivity index (χ3n) is 1.96. The molecule has 1 saturated carbocycles. The van der Waals surface area contributed by atoms with Gasteiger partial charge in [0.05, 0.1) is 5.38 Å². The molecule has 3 unspecified atom stereocenters. The quantitative estimate of drug-likeness (QED) is 0.367. The molecule has 3 nitrogen and oxygen atoms in total. The molecule has 1 fully saturated rings. The van der Waals surface area contributed by atoms with E-state index in [1.54, 1.807) is 0 Å². The lowest BCUT2D eigenvalue weighted by atomic mass is 9.95. The molecule has 0 aromatic carbocycles. The fraction of sp³-hybridized carbons (Fsp3) is 1.00. The maximum atomic E-state index is 10.4. The zero-order chi connectivity index (χ0) is 8.43. The van der Waals surface area contributed by atoms with Crippen LogP contribution in [-0.2, 0) is 0 Å². The topological polar surface area (TPSA) is 43.1 Å². The van der Waals surface area contributed by atoms with E-state index in [1.165, 1.54) is 0 Å². The molecule has 0 amide bonds. The van der Waals surface area contributed by atoms with E-state index in [1.807, 2.05) is 0 Å². The summed E-state index contributed by atoms with van der Waals surface area (Å²) in [4.78, 5) is 10.0. The van der Waals surface area contributed by atoms with Gasteiger partial charge in [-0.1, -0.05) is 0 Å². The first-order chi connectivity index (χ1) is 5.13. The minimum atomic E-state index is -0.645. The number of hydrogen-bond donors (Lipinski definition) is 0. The normalized spacial score (nSPS) is 38.5. The van der Waals surface area contributed by atoms with Gasteiger partial charge in [-0.3, -0.25) is 10.1 Å². The van der Waals surface area contributed by atoms with Crippen LogP contribution < -0.4 is 0 Å². The van der Waals surface area contributed by atoms with Crippen molar-refractivity contribution in [2.75, 3.05) is 0 Å². The largest absolute Gasteiger partial charge is 0.264 e. The van der Waals surface area contributed by atoms with Crippen molar-refractivity contribution >= 4 is 23.2 Å². The van der Waals surface area contributed by atoms with Gasteiger partial charge in [0.25, 0.3) is 0 Å². The van der Waals surface area contributed by atoms with Crippen molar-refractivity contribution in [3.63, 3.8) is 0 Å². The first-order valence-corrected chi connectivity index (χ1v) is 4.42. The van der Waals surface area contributed by atoms with Crippen molar-refractivity contribution in [1.82, 2.24) is 0 Å². The van der Waals surface area contributed by atoms with E-state index in [0.29, 0.717) is 6.42 Å². The first-order valence-electron chi connectivity index (χ1n) is 3.54. The molecule has 3 atom stereocenters. The van der Waals surface area contributed by atoms with Gasteiger partial charge in [-0.05, 0) is 12.8 Å². The summed E-state index contributed by atoms with van der Waals surface area (Å²) in [5.74, 6) is 0. The summed E-state index contributed by atoms with van der Waals surface area (Å²) < 4.78 is 0. The Balaban J connectivity index is 2.58. The van der Waals surface area contributed by atoms with Crippen LogP contribution in [0.4, 0.5) is 0 Å². The van der Waals surface area contributed by atoms with Gasteiger partial charge in [0.15, 0.2) is 0 Å². The zero-order valence-corrected chi connectivity index (χ0v) is 7.38. The highest BCUT2D eigenvalue weighted by Gasteiger charge is 2.38. The Morgan fingerprint density at radius 3 is 2.45 bits per heavy atom. The SMILES string of the molecule is O=[N+]([O-])C1CCCC(Cl)C1Cl. The highest BCUT2D eigenvalue weighted by molar-refractivity contribution is 6.30. The van der Waals surface area contributed by atoms with E-state index in [2.05, 4.69) is 0 Å². The van der Waals surface area contributed by atoms with Gasteiger partial charge in [-0.15, -0.1) is 23.2 Å². The lowest BCUT2D eigenvalue weighted by molar-refractivity contribution is -0.524. The predicted molar refractivity (Wildman–Crippen MR) is 43.9 cm³/mol. The summed E-state index contributed by atoms with van der Waals surface area (Å²) in [5.41, 5.74) is 0. The molecule has 0 aliphatic heterocycles. The molecule has 5 heteroatoms. The van der Waals surface area contributed by atoms with Crippen molar-refractivity contribution in [3.8, 4) is 0 Å². The molecule has 0 heterocycles. The van der Waals surface area contributed by atoms with Crippen LogP contribution in [0.3, 0.4) is 0 Å². The molecule has 0 aromatic rings. The summed E-state index contributed by atoms with van der Waals surface area (Å²) >= 11 is 11.5. The molecule has 0 N–H and O–H groups in total. The molecule has 0 saturated heterocycles.